The van der Waals surface area contributed by atoms with Crippen molar-refractivity contribution in [3.8, 4) is 0 Å². The van der Waals surface area contributed by atoms with Crippen LogP contribution in [0.25, 0.3) is 0 Å². The van der Waals surface area contributed by atoms with Gasteiger partial charge in [-0.25, -0.2) is 0 Å². The van der Waals surface area contributed by atoms with Crippen LogP contribution in [0.2, 0.25) is 0 Å². The number of unbranched alkanes of at least 4 members (excludes halogenated alkanes) is 27. The molecular formula is C63H108O6. The highest BCUT2D eigenvalue weighted by molar-refractivity contribution is 5.71. The standard InChI is InChI=1S/C63H108O6/c1-4-7-10-13-16-19-22-25-28-30-31-33-36-38-41-44-47-50-53-56-62(65)68-59-60(69-63(66)57-54-51-48-45-42-39-34-27-24-21-18-15-12-9-6-3)58-67-61(64)55-52-49-46-43-40-37-35-32-29-26-23-20-17-14-11-8-5-2/h16-17,19-20,25-29,31,33-34,38,41,60H,4-15,18,21-24,30,32,35-37,39-40,42-59H2,1-3H3/b19-16-,20-17-,28-25-,29-26-,33-31-,34-27-,41-38-/t60-/m0/s1. The first-order valence-electron chi connectivity index (χ1n) is 29.1. The quantitative estimate of drug-likeness (QED) is 0.0262. The fourth-order valence-corrected chi connectivity index (χ4v) is 7.92. The molecule has 0 aromatic carbocycles. The molecule has 0 saturated heterocycles. The van der Waals surface area contributed by atoms with Crippen LogP contribution in [-0.2, 0) is 28.6 Å². The van der Waals surface area contributed by atoms with E-state index in [2.05, 4.69) is 106 Å². The Morgan fingerprint density at radius 3 is 0.870 bits per heavy atom. The molecule has 396 valence electrons. The minimum atomic E-state index is -0.798. The smallest absolute Gasteiger partial charge is 0.306 e. The lowest BCUT2D eigenvalue weighted by Crippen LogP contribution is -2.30. The highest BCUT2D eigenvalue weighted by atomic mass is 16.6. The lowest BCUT2D eigenvalue weighted by Gasteiger charge is -2.18. The Morgan fingerprint density at radius 1 is 0.290 bits per heavy atom. The molecule has 0 rings (SSSR count). The van der Waals surface area contributed by atoms with Gasteiger partial charge in [0.15, 0.2) is 6.10 Å². The van der Waals surface area contributed by atoms with Gasteiger partial charge in [0.25, 0.3) is 0 Å². The van der Waals surface area contributed by atoms with Crippen LogP contribution in [0.1, 0.15) is 278 Å². The molecule has 0 aromatic heterocycles. The average molecular weight is 962 g/mol. The molecule has 0 fully saturated rings. The first kappa shape index (κ1) is 65.6. The number of ether oxygens (including phenoxy) is 3. The Bertz CT molecular complexity index is 1330. The average Bonchev–Trinajstić information content (AvgIpc) is 3.35. The van der Waals surface area contributed by atoms with Gasteiger partial charge >= 0.3 is 17.9 Å². The molecule has 0 aliphatic rings. The number of carbonyl (C=O) groups is 3. The number of rotatable bonds is 52. The van der Waals surface area contributed by atoms with E-state index >= 15 is 0 Å². The third-order valence-electron chi connectivity index (χ3n) is 12.3. The summed E-state index contributed by atoms with van der Waals surface area (Å²) < 4.78 is 16.8. The molecule has 0 aromatic rings. The Morgan fingerprint density at radius 2 is 0.522 bits per heavy atom. The molecule has 0 amide bonds. The Labute approximate surface area is 426 Å². The van der Waals surface area contributed by atoms with Gasteiger partial charge in [0, 0.05) is 19.3 Å². The summed E-state index contributed by atoms with van der Waals surface area (Å²) in [6.45, 7) is 6.55. The van der Waals surface area contributed by atoms with Gasteiger partial charge in [-0.05, 0) is 122 Å². The molecule has 0 bridgehead atoms. The van der Waals surface area contributed by atoms with Crippen molar-refractivity contribution in [1.29, 1.82) is 0 Å². The zero-order valence-electron chi connectivity index (χ0n) is 45.3. The second-order valence-corrected chi connectivity index (χ2v) is 19.2. The maximum atomic E-state index is 12.9. The van der Waals surface area contributed by atoms with Crippen LogP contribution in [0.15, 0.2) is 85.1 Å². The minimum Gasteiger partial charge on any atom is -0.462 e. The van der Waals surface area contributed by atoms with Crippen LogP contribution in [0.4, 0.5) is 0 Å². The molecule has 0 aliphatic heterocycles. The largest absolute Gasteiger partial charge is 0.462 e. The number of hydrogen-bond donors (Lipinski definition) is 0. The van der Waals surface area contributed by atoms with E-state index in [9.17, 15) is 14.4 Å². The molecule has 0 heterocycles. The maximum Gasteiger partial charge on any atom is 0.306 e. The van der Waals surface area contributed by atoms with Crippen molar-refractivity contribution in [1.82, 2.24) is 0 Å². The van der Waals surface area contributed by atoms with Crippen molar-refractivity contribution in [3.05, 3.63) is 85.1 Å². The van der Waals surface area contributed by atoms with Crippen molar-refractivity contribution < 1.29 is 28.6 Å². The Hall–Kier alpha value is -3.41. The highest BCUT2D eigenvalue weighted by Gasteiger charge is 2.19. The summed E-state index contributed by atoms with van der Waals surface area (Å²) >= 11 is 0. The predicted octanol–water partition coefficient (Wildman–Crippen LogP) is 19.5. The third kappa shape index (κ3) is 55.4. The first-order chi connectivity index (χ1) is 34.0. The lowest BCUT2D eigenvalue weighted by molar-refractivity contribution is -0.167. The van der Waals surface area contributed by atoms with E-state index in [0.29, 0.717) is 19.3 Å². The number of hydrogen-bond acceptors (Lipinski definition) is 6. The van der Waals surface area contributed by atoms with Crippen molar-refractivity contribution in [3.63, 3.8) is 0 Å². The maximum absolute atomic E-state index is 12.9. The van der Waals surface area contributed by atoms with Crippen LogP contribution in [-0.4, -0.2) is 37.2 Å². The van der Waals surface area contributed by atoms with Crippen molar-refractivity contribution in [2.45, 2.75) is 284 Å². The summed E-state index contributed by atoms with van der Waals surface area (Å²) in [5.41, 5.74) is 0. The molecular weight excluding hydrogens is 853 g/mol. The molecule has 6 nitrogen and oxygen atoms in total. The summed E-state index contributed by atoms with van der Waals surface area (Å²) in [6, 6.07) is 0. The van der Waals surface area contributed by atoms with E-state index in [1.165, 1.54) is 128 Å². The minimum absolute atomic E-state index is 0.0943. The van der Waals surface area contributed by atoms with Crippen LogP contribution < -0.4 is 0 Å². The molecule has 0 saturated carbocycles. The fourth-order valence-electron chi connectivity index (χ4n) is 7.92. The van der Waals surface area contributed by atoms with E-state index in [1.54, 1.807) is 0 Å². The molecule has 0 unspecified atom stereocenters. The van der Waals surface area contributed by atoms with E-state index in [4.69, 9.17) is 14.2 Å². The van der Waals surface area contributed by atoms with Crippen molar-refractivity contribution in [2.75, 3.05) is 13.2 Å². The number of esters is 3. The van der Waals surface area contributed by atoms with Crippen LogP contribution in [0, 0.1) is 0 Å². The van der Waals surface area contributed by atoms with Crippen LogP contribution in [0.3, 0.4) is 0 Å². The topological polar surface area (TPSA) is 78.9 Å². The first-order valence-corrected chi connectivity index (χ1v) is 29.1. The van der Waals surface area contributed by atoms with Crippen molar-refractivity contribution in [2.24, 2.45) is 0 Å². The van der Waals surface area contributed by atoms with Crippen molar-refractivity contribution >= 4 is 17.9 Å². The van der Waals surface area contributed by atoms with Gasteiger partial charge in [0.1, 0.15) is 13.2 Å². The van der Waals surface area contributed by atoms with Gasteiger partial charge in [-0.15, -0.1) is 0 Å². The molecule has 0 radical (unpaired) electrons. The molecule has 6 heteroatoms. The molecule has 0 N–H and O–H groups in total. The normalized spacial score (nSPS) is 12.7. The number of carbonyl (C=O) groups excluding carboxylic acids is 3. The summed E-state index contributed by atoms with van der Waals surface area (Å²) in [7, 11) is 0. The van der Waals surface area contributed by atoms with Crippen LogP contribution in [0.5, 0.6) is 0 Å². The molecule has 0 spiro atoms. The molecule has 1 atom stereocenters. The van der Waals surface area contributed by atoms with E-state index in [1.807, 2.05) is 0 Å². The zero-order chi connectivity index (χ0) is 50.0. The van der Waals surface area contributed by atoms with Crippen LogP contribution >= 0.6 is 0 Å². The summed E-state index contributed by atoms with van der Waals surface area (Å²) in [5, 5.41) is 0. The highest BCUT2D eigenvalue weighted by Crippen LogP contribution is 2.14. The second-order valence-electron chi connectivity index (χ2n) is 19.2. The zero-order valence-corrected chi connectivity index (χ0v) is 45.3. The van der Waals surface area contributed by atoms with Gasteiger partial charge in [0.2, 0.25) is 0 Å². The van der Waals surface area contributed by atoms with E-state index in [0.717, 1.165) is 109 Å². The third-order valence-corrected chi connectivity index (χ3v) is 12.3. The SMILES string of the molecule is CCCCC/C=C\C/C=C\C/C=C\C/C=C\CCCCCC(=O)OC[C@H](COC(=O)CCCCCCCCC/C=C\C/C=C\CCCCC)OC(=O)CCCCCCC/C=C\CCCCCCCC. The summed E-state index contributed by atoms with van der Waals surface area (Å²) in [4.78, 5) is 38.2. The molecule has 69 heavy (non-hydrogen) atoms. The molecule has 0 aliphatic carbocycles. The number of allylic oxidation sites excluding steroid dienone is 14. The fraction of sp³-hybridized carbons (Fsp3) is 0.730. The summed E-state index contributed by atoms with van der Waals surface area (Å²) in [6.07, 6.45) is 74.2. The van der Waals surface area contributed by atoms with Gasteiger partial charge in [-0.2, -0.15) is 0 Å². The van der Waals surface area contributed by atoms with Gasteiger partial charge in [-0.1, -0.05) is 221 Å². The lowest BCUT2D eigenvalue weighted by atomic mass is 10.1. The monoisotopic (exact) mass is 961 g/mol. The van der Waals surface area contributed by atoms with E-state index in [-0.39, 0.29) is 31.1 Å². The van der Waals surface area contributed by atoms with Gasteiger partial charge < -0.3 is 14.2 Å². The van der Waals surface area contributed by atoms with E-state index < -0.39 is 6.10 Å². The Balaban J connectivity index is 4.46. The van der Waals surface area contributed by atoms with Gasteiger partial charge in [-0.3, -0.25) is 14.4 Å². The Kier molecular flexibility index (Phi) is 54.3. The van der Waals surface area contributed by atoms with Gasteiger partial charge in [0.05, 0.1) is 0 Å². The predicted molar refractivity (Wildman–Crippen MR) is 297 cm³/mol. The summed E-state index contributed by atoms with van der Waals surface area (Å²) in [5.74, 6) is -0.936. The second kappa shape index (κ2) is 57.2.